The Kier molecular flexibility index (Phi) is 3.43. The molecule has 98 valence electrons. The molecule has 1 saturated carbocycles. The number of halogens is 3. The number of nitrogens with two attached hydrogens (primary N) is 1. The van der Waals surface area contributed by atoms with E-state index in [1.165, 1.54) is 18.2 Å². The highest BCUT2D eigenvalue weighted by Crippen LogP contribution is 2.35. The van der Waals surface area contributed by atoms with Crippen LogP contribution in [0.1, 0.15) is 35.2 Å². The van der Waals surface area contributed by atoms with E-state index in [2.05, 4.69) is 0 Å². The summed E-state index contributed by atoms with van der Waals surface area (Å²) in [5.41, 5.74) is 4.61. The van der Waals surface area contributed by atoms with Gasteiger partial charge in [-0.05, 0) is 25.3 Å². The van der Waals surface area contributed by atoms with E-state index in [1.54, 1.807) is 0 Å². The van der Waals surface area contributed by atoms with Gasteiger partial charge in [0.1, 0.15) is 0 Å². The summed E-state index contributed by atoms with van der Waals surface area (Å²) in [6.45, 7) is 0. The third kappa shape index (κ3) is 2.56. The molecule has 1 aromatic carbocycles. The van der Waals surface area contributed by atoms with Gasteiger partial charge in [-0.1, -0.05) is 18.2 Å². The first-order valence-corrected chi connectivity index (χ1v) is 5.85. The van der Waals surface area contributed by atoms with Crippen LogP contribution < -0.4 is 5.73 Å². The van der Waals surface area contributed by atoms with Gasteiger partial charge >= 0.3 is 6.18 Å². The normalized spacial score (nSPS) is 24.2. The molecule has 2 nitrogen and oxygen atoms in total. The zero-order valence-electron chi connectivity index (χ0n) is 9.70. The van der Waals surface area contributed by atoms with Crippen LogP contribution in [-0.2, 0) is 6.18 Å². The Labute approximate surface area is 103 Å². The average molecular weight is 257 g/mol. The van der Waals surface area contributed by atoms with Gasteiger partial charge in [-0.3, -0.25) is 4.79 Å². The first kappa shape index (κ1) is 13.1. The first-order chi connectivity index (χ1) is 8.39. The fraction of sp³-hybridized carbons (Fsp3) is 0.462. The lowest BCUT2D eigenvalue weighted by atomic mass is 9.92. The highest BCUT2D eigenvalue weighted by Gasteiger charge is 2.37. The summed E-state index contributed by atoms with van der Waals surface area (Å²) >= 11 is 0. The molecule has 0 saturated heterocycles. The number of hydrogen-bond acceptors (Lipinski definition) is 2. The summed E-state index contributed by atoms with van der Waals surface area (Å²) in [4.78, 5) is 12.1. The second kappa shape index (κ2) is 4.72. The summed E-state index contributed by atoms with van der Waals surface area (Å²) < 4.78 is 38.4. The summed E-state index contributed by atoms with van der Waals surface area (Å²) in [5, 5.41) is 0. The number of ketones is 1. The molecule has 0 heterocycles. The van der Waals surface area contributed by atoms with E-state index < -0.39 is 17.5 Å². The Morgan fingerprint density at radius 1 is 1.22 bits per heavy atom. The minimum Gasteiger partial charge on any atom is -0.328 e. The maximum Gasteiger partial charge on any atom is 0.417 e. The molecule has 0 aliphatic heterocycles. The van der Waals surface area contributed by atoms with E-state index in [0.717, 1.165) is 6.07 Å². The monoisotopic (exact) mass is 257 g/mol. The molecule has 0 radical (unpaired) electrons. The molecule has 2 unspecified atom stereocenters. The fourth-order valence-electron chi connectivity index (χ4n) is 2.42. The molecule has 2 rings (SSSR count). The number of alkyl halides is 3. The van der Waals surface area contributed by atoms with Gasteiger partial charge in [-0.25, -0.2) is 0 Å². The van der Waals surface area contributed by atoms with Crippen molar-refractivity contribution in [1.82, 2.24) is 0 Å². The summed E-state index contributed by atoms with van der Waals surface area (Å²) in [6.07, 6.45) is -2.74. The molecule has 5 heteroatoms. The predicted molar refractivity (Wildman–Crippen MR) is 61.1 cm³/mol. The zero-order valence-corrected chi connectivity index (χ0v) is 9.70. The lowest BCUT2D eigenvalue weighted by Crippen LogP contribution is -2.20. The van der Waals surface area contributed by atoms with Crippen LogP contribution >= 0.6 is 0 Å². The SMILES string of the molecule is NC1CCC(C(=O)c2ccccc2C(F)(F)F)C1. The second-order valence-corrected chi connectivity index (χ2v) is 4.68. The Morgan fingerprint density at radius 3 is 2.44 bits per heavy atom. The molecule has 0 bridgehead atoms. The van der Waals surface area contributed by atoms with Crippen LogP contribution in [0.3, 0.4) is 0 Å². The smallest absolute Gasteiger partial charge is 0.328 e. The Hall–Kier alpha value is -1.36. The largest absolute Gasteiger partial charge is 0.417 e. The van der Waals surface area contributed by atoms with Crippen LogP contribution in [0, 0.1) is 5.92 Å². The van der Waals surface area contributed by atoms with Gasteiger partial charge in [0.15, 0.2) is 5.78 Å². The number of benzene rings is 1. The molecule has 0 aromatic heterocycles. The van der Waals surface area contributed by atoms with Crippen molar-refractivity contribution < 1.29 is 18.0 Å². The second-order valence-electron chi connectivity index (χ2n) is 4.68. The number of carbonyl (C=O) groups is 1. The summed E-state index contributed by atoms with van der Waals surface area (Å²) in [5.74, 6) is -0.806. The van der Waals surface area contributed by atoms with E-state index in [0.29, 0.717) is 19.3 Å². The van der Waals surface area contributed by atoms with E-state index in [1.807, 2.05) is 0 Å². The molecule has 1 aromatic rings. The van der Waals surface area contributed by atoms with Crippen LogP contribution in [0.25, 0.3) is 0 Å². The van der Waals surface area contributed by atoms with Gasteiger partial charge in [0, 0.05) is 17.5 Å². The Morgan fingerprint density at radius 2 is 1.89 bits per heavy atom. The summed E-state index contributed by atoms with van der Waals surface area (Å²) in [6, 6.07) is 4.87. The topological polar surface area (TPSA) is 43.1 Å². The number of rotatable bonds is 2. The fourth-order valence-corrected chi connectivity index (χ4v) is 2.42. The van der Waals surface area contributed by atoms with Gasteiger partial charge < -0.3 is 5.73 Å². The number of Topliss-reactive ketones (excluding diaryl/α,β-unsaturated/α-hetero) is 1. The average Bonchev–Trinajstić information content (AvgIpc) is 2.74. The van der Waals surface area contributed by atoms with E-state index in [9.17, 15) is 18.0 Å². The maximum atomic E-state index is 12.8. The van der Waals surface area contributed by atoms with Crippen molar-refractivity contribution in [1.29, 1.82) is 0 Å². The molecular formula is C13H14F3NO. The first-order valence-electron chi connectivity index (χ1n) is 5.85. The van der Waals surface area contributed by atoms with Crippen molar-refractivity contribution in [3.63, 3.8) is 0 Å². The van der Waals surface area contributed by atoms with Crippen molar-refractivity contribution in [2.45, 2.75) is 31.5 Å². The van der Waals surface area contributed by atoms with Gasteiger partial charge in [-0.2, -0.15) is 13.2 Å². The lowest BCUT2D eigenvalue weighted by Gasteiger charge is -2.14. The third-order valence-corrected chi connectivity index (χ3v) is 3.34. The zero-order chi connectivity index (χ0) is 13.3. The molecular weight excluding hydrogens is 243 g/mol. The van der Waals surface area contributed by atoms with Crippen LogP contribution in [0.4, 0.5) is 13.2 Å². The molecule has 1 aliphatic carbocycles. The van der Waals surface area contributed by atoms with E-state index in [4.69, 9.17) is 5.73 Å². The molecule has 1 aliphatic rings. The third-order valence-electron chi connectivity index (χ3n) is 3.34. The highest BCUT2D eigenvalue weighted by molar-refractivity contribution is 5.99. The molecule has 18 heavy (non-hydrogen) atoms. The van der Waals surface area contributed by atoms with Gasteiger partial charge in [-0.15, -0.1) is 0 Å². The van der Waals surface area contributed by atoms with Gasteiger partial charge in [0.25, 0.3) is 0 Å². The van der Waals surface area contributed by atoms with Crippen LogP contribution in [0.2, 0.25) is 0 Å². The summed E-state index contributed by atoms with van der Waals surface area (Å²) in [7, 11) is 0. The maximum absolute atomic E-state index is 12.8. The van der Waals surface area contributed by atoms with Crippen molar-refractivity contribution in [3.05, 3.63) is 35.4 Å². The molecule has 2 N–H and O–H groups in total. The molecule has 1 fully saturated rings. The number of hydrogen-bond donors (Lipinski definition) is 1. The van der Waals surface area contributed by atoms with Crippen molar-refractivity contribution >= 4 is 5.78 Å². The number of carbonyl (C=O) groups excluding carboxylic acids is 1. The minimum atomic E-state index is -4.49. The van der Waals surface area contributed by atoms with Gasteiger partial charge in [0.05, 0.1) is 5.56 Å². The van der Waals surface area contributed by atoms with E-state index in [-0.39, 0.29) is 17.5 Å². The quantitative estimate of drug-likeness (QED) is 0.827. The van der Waals surface area contributed by atoms with Crippen molar-refractivity contribution in [3.8, 4) is 0 Å². The Balaban J connectivity index is 2.31. The predicted octanol–water partition coefficient (Wildman–Crippen LogP) is 3.02. The molecule has 0 spiro atoms. The van der Waals surface area contributed by atoms with Crippen LogP contribution in [0.5, 0.6) is 0 Å². The minimum absolute atomic E-state index is 0.0722. The van der Waals surface area contributed by atoms with E-state index >= 15 is 0 Å². The molecule has 2 atom stereocenters. The van der Waals surface area contributed by atoms with Crippen molar-refractivity contribution in [2.75, 3.05) is 0 Å². The van der Waals surface area contributed by atoms with Gasteiger partial charge in [0.2, 0.25) is 0 Å². The van der Waals surface area contributed by atoms with Crippen LogP contribution in [0.15, 0.2) is 24.3 Å². The lowest BCUT2D eigenvalue weighted by molar-refractivity contribution is -0.137. The van der Waals surface area contributed by atoms with Crippen molar-refractivity contribution in [2.24, 2.45) is 11.7 Å². The molecule has 0 amide bonds. The highest BCUT2D eigenvalue weighted by atomic mass is 19.4. The standard InChI is InChI=1S/C13H14F3NO/c14-13(15,16)11-4-2-1-3-10(11)12(18)8-5-6-9(17)7-8/h1-4,8-9H,5-7,17H2. The Bertz CT molecular complexity index is 456. The van der Waals surface area contributed by atoms with Crippen LogP contribution in [-0.4, -0.2) is 11.8 Å².